The van der Waals surface area contributed by atoms with Gasteiger partial charge in [-0.1, -0.05) is 30.3 Å². The predicted molar refractivity (Wildman–Crippen MR) is 98.8 cm³/mol. The van der Waals surface area contributed by atoms with Crippen molar-refractivity contribution < 1.29 is 9.59 Å². The molecule has 24 heavy (non-hydrogen) atoms. The Bertz CT molecular complexity index is 780. The lowest BCUT2D eigenvalue weighted by molar-refractivity contribution is -0.129. The Labute approximate surface area is 148 Å². The van der Waals surface area contributed by atoms with Crippen molar-refractivity contribution in [1.82, 2.24) is 9.88 Å². The van der Waals surface area contributed by atoms with E-state index < -0.39 is 0 Å². The lowest BCUT2D eigenvalue weighted by Crippen LogP contribution is -2.39. The number of anilines is 1. The molecular weight excluding hydrogens is 342 g/mol. The van der Waals surface area contributed by atoms with Gasteiger partial charge in [-0.25, -0.2) is 4.98 Å². The van der Waals surface area contributed by atoms with Crippen LogP contribution in [0, 0.1) is 13.8 Å². The lowest BCUT2D eigenvalue weighted by atomic mass is 10.1. The number of amides is 2. The van der Waals surface area contributed by atoms with Crippen LogP contribution in [0.1, 0.15) is 16.1 Å². The zero-order chi connectivity index (χ0) is 17.1. The highest BCUT2D eigenvalue weighted by molar-refractivity contribution is 8.03. The van der Waals surface area contributed by atoms with Gasteiger partial charge in [-0.05, 0) is 24.8 Å². The fourth-order valence-corrected chi connectivity index (χ4v) is 3.94. The number of thiazole rings is 1. The number of aromatic nitrogens is 1. The Morgan fingerprint density at radius 1 is 1.29 bits per heavy atom. The van der Waals surface area contributed by atoms with E-state index in [0.29, 0.717) is 10.9 Å². The van der Waals surface area contributed by atoms with Gasteiger partial charge in [0.25, 0.3) is 0 Å². The topological polar surface area (TPSA) is 62.3 Å². The third kappa shape index (κ3) is 3.68. The maximum Gasteiger partial charge on any atom is 0.246 e. The molecular formula is C17H17N3O2S2. The summed E-state index contributed by atoms with van der Waals surface area (Å²) in [6.45, 7) is 3.85. The summed E-state index contributed by atoms with van der Waals surface area (Å²) < 4.78 is 0. The highest BCUT2D eigenvalue weighted by Gasteiger charge is 2.25. The van der Waals surface area contributed by atoms with Gasteiger partial charge >= 0.3 is 0 Å². The molecule has 2 aromatic rings. The van der Waals surface area contributed by atoms with E-state index in [1.165, 1.54) is 28.0 Å². The molecule has 7 heteroatoms. The molecule has 1 aliphatic heterocycles. The van der Waals surface area contributed by atoms with Crippen LogP contribution in [-0.4, -0.2) is 34.0 Å². The number of benzene rings is 1. The van der Waals surface area contributed by atoms with Crippen molar-refractivity contribution in [1.29, 1.82) is 0 Å². The first-order chi connectivity index (χ1) is 11.5. The van der Waals surface area contributed by atoms with Crippen LogP contribution in [0.5, 0.6) is 0 Å². The van der Waals surface area contributed by atoms with Gasteiger partial charge < -0.3 is 10.2 Å². The molecule has 0 bridgehead atoms. The van der Waals surface area contributed by atoms with E-state index in [2.05, 4.69) is 10.3 Å². The molecule has 1 N–H and O–H groups in total. The van der Waals surface area contributed by atoms with Gasteiger partial charge in [0.2, 0.25) is 11.8 Å². The average Bonchev–Trinajstić information content (AvgIpc) is 2.87. The molecule has 0 spiro atoms. The highest BCUT2D eigenvalue weighted by Crippen LogP contribution is 2.28. The summed E-state index contributed by atoms with van der Waals surface area (Å²) in [6.07, 6.45) is 0. The van der Waals surface area contributed by atoms with E-state index in [-0.39, 0.29) is 18.4 Å². The van der Waals surface area contributed by atoms with Crippen molar-refractivity contribution in [2.24, 2.45) is 0 Å². The predicted octanol–water partition coefficient (Wildman–Crippen LogP) is 3.27. The third-order valence-electron chi connectivity index (χ3n) is 3.64. The van der Waals surface area contributed by atoms with E-state index in [0.717, 1.165) is 21.8 Å². The Morgan fingerprint density at radius 2 is 2.04 bits per heavy atom. The largest absolute Gasteiger partial charge is 0.301 e. The van der Waals surface area contributed by atoms with Crippen molar-refractivity contribution in [3.8, 4) is 0 Å². The number of hydrogen-bond acceptors (Lipinski definition) is 5. The normalized spacial score (nSPS) is 14.5. The number of nitrogens with zero attached hydrogens (tertiary/aromatic N) is 2. The Kier molecular flexibility index (Phi) is 5.01. The van der Waals surface area contributed by atoms with Gasteiger partial charge in [-0.15, -0.1) is 23.1 Å². The Morgan fingerprint density at radius 3 is 2.71 bits per heavy atom. The van der Waals surface area contributed by atoms with Crippen molar-refractivity contribution in [3.05, 3.63) is 51.9 Å². The molecule has 5 nitrogen and oxygen atoms in total. The van der Waals surface area contributed by atoms with E-state index in [1.54, 1.807) is 0 Å². The molecule has 2 heterocycles. The van der Waals surface area contributed by atoms with Crippen LogP contribution in [0.15, 0.2) is 35.7 Å². The number of aryl methyl sites for hydroxylation is 2. The molecule has 0 saturated carbocycles. The molecule has 2 amide bonds. The fraction of sp³-hybridized carbons (Fsp3) is 0.235. The van der Waals surface area contributed by atoms with Crippen LogP contribution in [0.25, 0.3) is 5.70 Å². The first-order valence-corrected chi connectivity index (χ1v) is 9.32. The summed E-state index contributed by atoms with van der Waals surface area (Å²) >= 11 is 2.89. The minimum Gasteiger partial charge on any atom is -0.301 e. The molecule has 124 valence electrons. The number of nitrogens with one attached hydrogen (secondary N) is 1. The molecule has 0 unspecified atom stereocenters. The lowest BCUT2D eigenvalue weighted by Gasteiger charge is -2.28. The molecule has 0 aliphatic carbocycles. The molecule has 0 atom stereocenters. The fourth-order valence-electron chi connectivity index (χ4n) is 2.30. The van der Waals surface area contributed by atoms with Crippen LogP contribution in [0.3, 0.4) is 0 Å². The summed E-state index contributed by atoms with van der Waals surface area (Å²) in [5, 5.41) is 5.28. The summed E-state index contributed by atoms with van der Waals surface area (Å²) in [6, 6.07) is 9.62. The standard InChI is InChI=1S/C17H17N3O2S2/c1-11-12(2)24-17(18-11)19-15(21)8-20-14(9-23-10-16(20)22)13-6-4-3-5-7-13/h3-7,9H,8,10H2,1-2H3,(H,18,19,21). The van der Waals surface area contributed by atoms with Gasteiger partial charge in [0.1, 0.15) is 6.54 Å². The molecule has 1 aliphatic rings. The first kappa shape index (κ1) is 16.7. The number of hydrogen-bond donors (Lipinski definition) is 1. The molecule has 0 fully saturated rings. The van der Waals surface area contributed by atoms with Gasteiger partial charge in [0, 0.05) is 4.88 Å². The SMILES string of the molecule is Cc1nc(NC(=O)CN2C(=O)CSC=C2c2ccccc2)sc1C. The van der Waals surface area contributed by atoms with E-state index in [9.17, 15) is 9.59 Å². The van der Waals surface area contributed by atoms with Crippen molar-refractivity contribution in [2.75, 3.05) is 17.6 Å². The Balaban J connectivity index is 1.75. The summed E-state index contributed by atoms with van der Waals surface area (Å²) in [4.78, 5) is 31.6. The second-order valence-corrected chi connectivity index (χ2v) is 7.43. The quantitative estimate of drug-likeness (QED) is 0.910. The molecule has 0 saturated heterocycles. The number of rotatable bonds is 4. The minimum absolute atomic E-state index is 0.0161. The molecule has 1 aromatic carbocycles. The van der Waals surface area contributed by atoms with E-state index in [4.69, 9.17) is 0 Å². The van der Waals surface area contributed by atoms with Gasteiger partial charge in [0.05, 0.1) is 17.1 Å². The van der Waals surface area contributed by atoms with E-state index >= 15 is 0 Å². The van der Waals surface area contributed by atoms with Crippen molar-refractivity contribution >= 4 is 45.7 Å². The molecule has 1 aromatic heterocycles. The summed E-state index contributed by atoms with van der Waals surface area (Å²) in [5.41, 5.74) is 2.59. The van der Waals surface area contributed by atoms with Gasteiger partial charge in [-0.2, -0.15) is 0 Å². The zero-order valence-electron chi connectivity index (χ0n) is 13.4. The van der Waals surface area contributed by atoms with E-state index in [1.807, 2.05) is 49.6 Å². The minimum atomic E-state index is -0.245. The number of carbonyl (C=O) groups excluding carboxylic acids is 2. The van der Waals surface area contributed by atoms with Crippen molar-refractivity contribution in [3.63, 3.8) is 0 Å². The van der Waals surface area contributed by atoms with Crippen LogP contribution in [0.2, 0.25) is 0 Å². The number of carbonyl (C=O) groups is 2. The van der Waals surface area contributed by atoms with Crippen LogP contribution in [0.4, 0.5) is 5.13 Å². The highest BCUT2D eigenvalue weighted by atomic mass is 32.2. The average molecular weight is 359 g/mol. The van der Waals surface area contributed by atoms with Crippen LogP contribution < -0.4 is 5.32 Å². The summed E-state index contributed by atoms with van der Waals surface area (Å²) in [5.74, 6) is 0.0350. The van der Waals surface area contributed by atoms with Crippen LogP contribution >= 0.6 is 23.1 Å². The smallest absolute Gasteiger partial charge is 0.246 e. The number of thioether (sulfide) groups is 1. The third-order valence-corrected chi connectivity index (χ3v) is 5.43. The first-order valence-electron chi connectivity index (χ1n) is 7.46. The van der Waals surface area contributed by atoms with Gasteiger partial charge in [-0.3, -0.25) is 9.59 Å². The second kappa shape index (κ2) is 7.19. The zero-order valence-corrected chi connectivity index (χ0v) is 15.0. The maximum atomic E-state index is 12.4. The maximum absolute atomic E-state index is 12.4. The van der Waals surface area contributed by atoms with Crippen LogP contribution in [-0.2, 0) is 9.59 Å². The van der Waals surface area contributed by atoms with Gasteiger partial charge in [0.15, 0.2) is 5.13 Å². The summed E-state index contributed by atoms with van der Waals surface area (Å²) in [7, 11) is 0. The Hall–Kier alpha value is -2.12. The monoisotopic (exact) mass is 359 g/mol. The second-order valence-electron chi connectivity index (χ2n) is 5.37. The molecule has 3 rings (SSSR count). The molecule has 0 radical (unpaired) electrons. The van der Waals surface area contributed by atoms with Crippen molar-refractivity contribution in [2.45, 2.75) is 13.8 Å².